The van der Waals surface area contributed by atoms with Gasteiger partial charge in [-0.2, -0.15) is 21.3 Å². The molecule has 0 aliphatic carbocycles. The summed E-state index contributed by atoms with van der Waals surface area (Å²) in [5.74, 6) is 1.50. The van der Waals surface area contributed by atoms with Crippen molar-refractivity contribution in [2.75, 3.05) is 16.8 Å². The molecule has 7 heteroatoms. The van der Waals surface area contributed by atoms with Crippen molar-refractivity contribution in [3.8, 4) is 5.69 Å². The van der Waals surface area contributed by atoms with Crippen molar-refractivity contribution < 1.29 is 0 Å². The summed E-state index contributed by atoms with van der Waals surface area (Å²) in [5.41, 5.74) is 6.63. The average Bonchev–Trinajstić information content (AvgIpc) is 3.53. The number of nitrogens with zero attached hydrogens (tertiary/aromatic N) is 5. The highest BCUT2D eigenvalue weighted by atomic mass is 32.1. The predicted octanol–water partition coefficient (Wildman–Crippen LogP) is 5.05. The maximum absolute atomic E-state index is 4.98. The molecule has 1 N–H and O–H groups in total. The number of rotatable bonds is 5. The molecular formula is C25H22N6S. The van der Waals surface area contributed by atoms with E-state index < -0.39 is 0 Å². The molecule has 1 aliphatic heterocycles. The second kappa shape index (κ2) is 8.09. The quantitative estimate of drug-likeness (QED) is 0.416. The number of thiophene rings is 1. The first kappa shape index (κ1) is 19.0. The number of nitrogens with one attached hydrogen (secondary N) is 1. The molecule has 3 aromatic heterocycles. The number of anilines is 2. The van der Waals surface area contributed by atoms with Crippen LogP contribution in [0.4, 0.5) is 11.8 Å². The van der Waals surface area contributed by atoms with Crippen molar-refractivity contribution in [3.63, 3.8) is 0 Å². The molecule has 0 atom stereocenters. The molecule has 0 amide bonds. The van der Waals surface area contributed by atoms with Gasteiger partial charge in [-0.3, -0.25) is 4.57 Å². The molecule has 6 rings (SSSR count). The van der Waals surface area contributed by atoms with Gasteiger partial charge in [0.25, 0.3) is 0 Å². The lowest BCUT2D eigenvalue weighted by Crippen LogP contribution is -2.32. The van der Waals surface area contributed by atoms with Gasteiger partial charge in [0.15, 0.2) is 17.0 Å². The van der Waals surface area contributed by atoms with E-state index in [9.17, 15) is 0 Å². The Kier molecular flexibility index (Phi) is 4.81. The first-order chi connectivity index (χ1) is 15.8. The molecule has 0 saturated heterocycles. The van der Waals surface area contributed by atoms with E-state index in [2.05, 4.69) is 80.6 Å². The lowest BCUT2D eigenvalue weighted by Gasteiger charge is -2.29. The second-order valence-corrected chi connectivity index (χ2v) is 8.70. The van der Waals surface area contributed by atoms with E-state index >= 15 is 0 Å². The normalized spacial score (nSPS) is 13.3. The number of aromatic nitrogens is 4. The lowest BCUT2D eigenvalue weighted by atomic mass is 10.0. The van der Waals surface area contributed by atoms with Crippen LogP contribution in [0.15, 0.2) is 77.8 Å². The molecular weight excluding hydrogens is 416 g/mol. The van der Waals surface area contributed by atoms with Crippen LogP contribution in [0.3, 0.4) is 0 Å². The van der Waals surface area contributed by atoms with Gasteiger partial charge in [0.1, 0.15) is 6.33 Å². The smallest absolute Gasteiger partial charge is 0.229 e. The molecule has 4 heterocycles. The summed E-state index contributed by atoms with van der Waals surface area (Å²) in [6.07, 6.45) is 2.83. The fraction of sp³-hybridized carbons (Fsp3) is 0.160. The Morgan fingerprint density at radius 3 is 2.62 bits per heavy atom. The van der Waals surface area contributed by atoms with Gasteiger partial charge in [0, 0.05) is 25.0 Å². The topological polar surface area (TPSA) is 58.9 Å². The molecule has 158 valence electrons. The first-order valence-corrected chi connectivity index (χ1v) is 11.7. The zero-order chi connectivity index (χ0) is 21.3. The second-order valence-electron chi connectivity index (χ2n) is 7.92. The fourth-order valence-electron chi connectivity index (χ4n) is 4.18. The molecule has 0 spiro atoms. The summed E-state index contributed by atoms with van der Waals surface area (Å²) in [7, 11) is 0. The average molecular weight is 439 g/mol. The van der Waals surface area contributed by atoms with E-state index in [4.69, 9.17) is 9.97 Å². The maximum Gasteiger partial charge on any atom is 0.229 e. The van der Waals surface area contributed by atoms with E-state index in [0.29, 0.717) is 6.54 Å². The van der Waals surface area contributed by atoms with Crippen molar-refractivity contribution in [2.45, 2.75) is 19.5 Å². The summed E-state index contributed by atoms with van der Waals surface area (Å²) in [4.78, 5) is 16.9. The van der Waals surface area contributed by atoms with Gasteiger partial charge in [0.05, 0.1) is 5.69 Å². The van der Waals surface area contributed by atoms with Gasteiger partial charge in [0.2, 0.25) is 5.95 Å². The van der Waals surface area contributed by atoms with E-state index in [0.717, 1.165) is 48.1 Å². The van der Waals surface area contributed by atoms with Crippen LogP contribution in [0.2, 0.25) is 0 Å². The molecule has 0 radical (unpaired) electrons. The number of hydrogen-bond acceptors (Lipinski definition) is 6. The summed E-state index contributed by atoms with van der Waals surface area (Å²) < 4.78 is 2.04. The molecule has 0 unspecified atom stereocenters. The van der Waals surface area contributed by atoms with Crippen molar-refractivity contribution in [1.82, 2.24) is 19.5 Å². The number of benzene rings is 2. The Bertz CT molecular complexity index is 1360. The van der Waals surface area contributed by atoms with Gasteiger partial charge < -0.3 is 10.2 Å². The van der Waals surface area contributed by atoms with Crippen molar-refractivity contribution in [3.05, 3.63) is 94.4 Å². The van der Waals surface area contributed by atoms with Gasteiger partial charge >= 0.3 is 0 Å². The Labute approximate surface area is 190 Å². The molecule has 1 aliphatic rings. The number of imidazole rings is 1. The molecule has 32 heavy (non-hydrogen) atoms. The molecule has 6 nitrogen and oxygen atoms in total. The fourth-order valence-corrected chi connectivity index (χ4v) is 4.81. The van der Waals surface area contributed by atoms with Crippen molar-refractivity contribution >= 4 is 34.3 Å². The van der Waals surface area contributed by atoms with E-state index in [1.54, 1.807) is 11.3 Å². The largest absolute Gasteiger partial charge is 0.364 e. The van der Waals surface area contributed by atoms with Crippen molar-refractivity contribution in [1.29, 1.82) is 0 Å². The zero-order valence-corrected chi connectivity index (χ0v) is 18.3. The Hall–Kier alpha value is -3.71. The van der Waals surface area contributed by atoms with Gasteiger partial charge in [-0.15, -0.1) is 0 Å². The highest BCUT2D eigenvalue weighted by Gasteiger charge is 2.22. The summed E-state index contributed by atoms with van der Waals surface area (Å²) in [6.45, 7) is 2.39. The third-order valence-corrected chi connectivity index (χ3v) is 6.56. The SMILES string of the molecule is c1ccc(CNc2nc(N3CCc4ccccc4C3)nc3c2ncn3-c2ccsc2)cc1. The van der Waals surface area contributed by atoms with E-state index in [1.807, 2.05) is 17.0 Å². The van der Waals surface area contributed by atoms with Crippen molar-refractivity contribution in [2.24, 2.45) is 0 Å². The van der Waals surface area contributed by atoms with Crippen LogP contribution in [0.1, 0.15) is 16.7 Å². The maximum atomic E-state index is 4.98. The van der Waals surface area contributed by atoms with Gasteiger partial charge in [-0.25, -0.2) is 4.98 Å². The highest BCUT2D eigenvalue weighted by molar-refractivity contribution is 7.08. The van der Waals surface area contributed by atoms with Crippen LogP contribution in [0, 0.1) is 0 Å². The lowest BCUT2D eigenvalue weighted by molar-refractivity contribution is 0.709. The first-order valence-electron chi connectivity index (χ1n) is 10.7. The minimum absolute atomic E-state index is 0.681. The van der Waals surface area contributed by atoms with Crippen LogP contribution in [-0.2, 0) is 19.5 Å². The Morgan fingerprint density at radius 1 is 0.938 bits per heavy atom. The molecule has 0 saturated carbocycles. The molecule has 5 aromatic rings. The minimum atomic E-state index is 0.681. The van der Waals surface area contributed by atoms with Gasteiger partial charge in [-0.05, 0) is 34.6 Å². The van der Waals surface area contributed by atoms with E-state index in [-0.39, 0.29) is 0 Å². The van der Waals surface area contributed by atoms with Crippen LogP contribution >= 0.6 is 11.3 Å². The van der Waals surface area contributed by atoms with Crippen LogP contribution < -0.4 is 10.2 Å². The zero-order valence-electron chi connectivity index (χ0n) is 17.5. The van der Waals surface area contributed by atoms with Gasteiger partial charge in [-0.1, -0.05) is 54.6 Å². The third kappa shape index (κ3) is 3.50. The Morgan fingerprint density at radius 2 is 1.78 bits per heavy atom. The van der Waals surface area contributed by atoms with Crippen LogP contribution in [-0.4, -0.2) is 26.1 Å². The van der Waals surface area contributed by atoms with Crippen LogP contribution in [0.25, 0.3) is 16.9 Å². The third-order valence-electron chi connectivity index (χ3n) is 5.88. The highest BCUT2D eigenvalue weighted by Crippen LogP contribution is 2.28. The number of hydrogen-bond donors (Lipinski definition) is 1. The molecule has 2 aromatic carbocycles. The monoisotopic (exact) mass is 438 g/mol. The summed E-state index contributed by atoms with van der Waals surface area (Å²) in [5, 5.41) is 7.69. The van der Waals surface area contributed by atoms with E-state index in [1.165, 1.54) is 16.7 Å². The predicted molar refractivity (Wildman–Crippen MR) is 130 cm³/mol. The Balaban J connectivity index is 1.41. The molecule has 0 fully saturated rings. The number of fused-ring (bicyclic) bond motifs is 2. The summed E-state index contributed by atoms with van der Waals surface area (Å²) >= 11 is 1.66. The summed E-state index contributed by atoms with van der Waals surface area (Å²) in [6, 6.07) is 21.1. The molecule has 0 bridgehead atoms. The minimum Gasteiger partial charge on any atom is -0.364 e. The van der Waals surface area contributed by atoms with Crippen LogP contribution in [0.5, 0.6) is 0 Å². The standard InChI is InChI=1S/C25H22N6S/c1-2-6-18(7-3-1)14-26-23-22-24(31(17-27-22)21-11-13-32-16-21)29-25(28-23)30-12-10-19-8-4-5-9-20(19)15-30/h1-9,11,13,16-17H,10,12,14-15H2,(H,26,28,29).